The van der Waals surface area contributed by atoms with Crippen LogP contribution in [-0.2, 0) is 9.53 Å². The van der Waals surface area contributed by atoms with Crippen LogP contribution in [-0.4, -0.2) is 31.6 Å². The molecule has 2 atom stereocenters. The Hall–Kier alpha value is -2.47. The standard InChI is InChI=1S/C19H20N2O3S/c1-11-15(18(22)24-3)17(21-19(20-11)25-4)16-13-8-6-5-7-12(13)9-10-14(16)23-2/h5-10,15,17H,1H2,2-4H3,(H,20,21)/t15-,17+/m0/s1. The number of carbonyl (C=O) groups is 1. The number of nitrogens with zero attached hydrogens (tertiary/aromatic N) is 1. The van der Waals surface area contributed by atoms with Crippen molar-refractivity contribution in [2.75, 3.05) is 20.5 Å². The van der Waals surface area contributed by atoms with Crippen molar-refractivity contribution >= 4 is 33.7 Å². The third kappa shape index (κ3) is 3.09. The Morgan fingerprint density at radius 1 is 1.24 bits per heavy atom. The Morgan fingerprint density at radius 3 is 2.68 bits per heavy atom. The number of amidine groups is 1. The van der Waals surface area contributed by atoms with Crippen LogP contribution in [0.4, 0.5) is 0 Å². The molecular weight excluding hydrogens is 336 g/mol. The van der Waals surface area contributed by atoms with Gasteiger partial charge in [-0.1, -0.05) is 48.7 Å². The molecule has 0 fully saturated rings. The van der Waals surface area contributed by atoms with Gasteiger partial charge >= 0.3 is 5.97 Å². The Labute approximate surface area is 151 Å². The highest BCUT2D eigenvalue weighted by atomic mass is 32.2. The average molecular weight is 356 g/mol. The van der Waals surface area contributed by atoms with Gasteiger partial charge in [0.15, 0.2) is 5.17 Å². The molecule has 2 aromatic carbocycles. The second kappa shape index (κ2) is 7.19. The van der Waals surface area contributed by atoms with Crippen LogP contribution in [0.2, 0.25) is 0 Å². The molecule has 0 aliphatic carbocycles. The van der Waals surface area contributed by atoms with Crippen LogP contribution in [0.3, 0.4) is 0 Å². The summed E-state index contributed by atoms with van der Waals surface area (Å²) in [5.74, 6) is -0.307. The molecular formula is C19H20N2O3S. The molecule has 0 bridgehead atoms. The molecule has 0 radical (unpaired) electrons. The summed E-state index contributed by atoms with van der Waals surface area (Å²) in [7, 11) is 3.00. The second-order valence-electron chi connectivity index (χ2n) is 5.64. The number of benzene rings is 2. The lowest BCUT2D eigenvalue weighted by Crippen LogP contribution is -2.38. The van der Waals surface area contributed by atoms with E-state index in [4.69, 9.17) is 14.5 Å². The number of ether oxygens (including phenoxy) is 2. The van der Waals surface area contributed by atoms with Gasteiger partial charge in [-0.3, -0.25) is 9.79 Å². The molecule has 1 aliphatic heterocycles. The van der Waals surface area contributed by atoms with Crippen molar-refractivity contribution in [3.63, 3.8) is 0 Å². The third-order valence-corrected chi connectivity index (χ3v) is 4.90. The van der Waals surface area contributed by atoms with Gasteiger partial charge in [-0.15, -0.1) is 0 Å². The maximum atomic E-state index is 12.5. The fourth-order valence-electron chi connectivity index (χ4n) is 3.13. The number of carbonyl (C=O) groups excluding carboxylic acids is 1. The topological polar surface area (TPSA) is 59.9 Å². The molecule has 1 aliphatic rings. The average Bonchev–Trinajstić information content (AvgIpc) is 2.65. The Morgan fingerprint density at radius 2 is 2.00 bits per heavy atom. The first-order chi connectivity index (χ1) is 12.1. The van der Waals surface area contributed by atoms with Crippen molar-refractivity contribution in [3.05, 3.63) is 54.2 Å². The molecule has 0 amide bonds. The lowest BCUT2D eigenvalue weighted by atomic mass is 9.86. The SMILES string of the molecule is C=C1NC(SC)=N[C@@H](c2c(OC)ccc3ccccc23)[C@H]1C(=O)OC. The fraction of sp³-hybridized carbons (Fsp3) is 0.263. The highest BCUT2D eigenvalue weighted by molar-refractivity contribution is 8.13. The molecule has 130 valence electrons. The van der Waals surface area contributed by atoms with Gasteiger partial charge in [0.2, 0.25) is 0 Å². The maximum absolute atomic E-state index is 12.5. The van der Waals surface area contributed by atoms with Gasteiger partial charge in [0, 0.05) is 11.3 Å². The quantitative estimate of drug-likeness (QED) is 0.853. The van der Waals surface area contributed by atoms with Gasteiger partial charge < -0.3 is 14.8 Å². The lowest BCUT2D eigenvalue weighted by molar-refractivity contribution is -0.144. The number of rotatable bonds is 3. The summed E-state index contributed by atoms with van der Waals surface area (Å²) < 4.78 is 10.6. The number of aliphatic imine (C=N–C) groups is 1. The van der Waals surface area contributed by atoms with Gasteiger partial charge in [-0.05, 0) is 23.1 Å². The van der Waals surface area contributed by atoms with E-state index in [0.29, 0.717) is 16.6 Å². The van der Waals surface area contributed by atoms with Crippen LogP contribution < -0.4 is 10.1 Å². The van der Waals surface area contributed by atoms with Crippen molar-refractivity contribution in [3.8, 4) is 5.75 Å². The fourth-order valence-corrected chi connectivity index (χ4v) is 3.58. The van der Waals surface area contributed by atoms with E-state index in [1.807, 2.05) is 42.7 Å². The van der Waals surface area contributed by atoms with E-state index >= 15 is 0 Å². The molecule has 1 heterocycles. The predicted molar refractivity (Wildman–Crippen MR) is 102 cm³/mol. The van der Waals surface area contributed by atoms with Crippen LogP contribution in [0.5, 0.6) is 5.75 Å². The zero-order chi connectivity index (χ0) is 18.0. The molecule has 25 heavy (non-hydrogen) atoms. The third-order valence-electron chi connectivity index (χ3n) is 4.31. The van der Waals surface area contributed by atoms with Crippen molar-refractivity contribution in [2.45, 2.75) is 6.04 Å². The molecule has 0 spiro atoms. The first-order valence-electron chi connectivity index (χ1n) is 7.81. The molecule has 0 aromatic heterocycles. The van der Waals surface area contributed by atoms with Crippen LogP contribution in [0, 0.1) is 5.92 Å². The largest absolute Gasteiger partial charge is 0.496 e. The van der Waals surface area contributed by atoms with Gasteiger partial charge in [0.1, 0.15) is 17.7 Å². The highest BCUT2D eigenvalue weighted by Crippen LogP contribution is 2.42. The predicted octanol–water partition coefficient (Wildman–Crippen LogP) is 3.51. The summed E-state index contributed by atoms with van der Waals surface area (Å²) in [5, 5.41) is 5.87. The Balaban J connectivity index is 2.28. The summed E-state index contributed by atoms with van der Waals surface area (Å²) in [6.07, 6.45) is 1.93. The van der Waals surface area contributed by atoms with Crippen LogP contribution in [0.25, 0.3) is 10.8 Å². The number of nitrogens with one attached hydrogen (secondary N) is 1. The maximum Gasteiger partial charge on any atom is 0.317 e. The van der Waals surface area contributed by atoms with E-state index in [0.717, 1.165) is 16.3 Å². The van der Waals surface area contributed by atoms with E-state index < -0.39 is 12.0 Å². The van der Waals surface area contributed by atoms with Crippen LogP contribution >= 0.6 is 11.8 Å². The van der Waals surface area contributed by atoms with E-state index in [2.05, 4.69) is 11.9 Å². The van der Waals surface area contributed by atoms with Crippen molar-refractivity contribution in [2.24, 2.45) is 10.9 Å². The number of hydrogen-bond acceptors (Lipinski definition) is 6. The van der Waals surface area contributed by atoms with Gasteiger partial charge in [0.25, 0.3) is 0 Å². The summed E-state index contributed by atoms with van der Waals surface area (Å²) >= 11 is 1.47. The Kier molecular flexibility index (Phi) is 4.99. The first kappa shape index (κ1) is 17.4. The molecule has 3 rings (SSSR count). The smallest absolute Gasteiger partial charge is 0.317 e. The molecule has 0 saturated carbocycles. The minimum Gasteiger partial charge on any atom is -0.496 e. The number of hydrogen-bond donors (Lipinski definition) is 1. The van der Waals surface area contributed by atoms with E-state index in [9.17, 15) is 4.79 Å². The molecule has 5 nitrogen and oxygen atoms in total. The summed E-state index contributed by atoms with van der Waals surface area (Å²) in [5.41, 5.74) is 1.44. The van der Waals surface area contributed by atoms with Crippen molar-refractivity contribution in [1.29, 1.82) is 0 Å². The molecule has 1 N–H and O–H groups in total. The molecule has 0 unspecified atom stereocenters. The van der Waals surface area contributed by atoms with E-state index in [1.165, 1.54) is 18.9 Å². The Bertz CT molecular complexity index is 863. The number of esters is 1. The van der Waals surface area contributed by atoms with E-state index in [1.54, 1.807) is 7.11 Å². The number of methoxy groups -OCH3 is 2. The lowest BCUT2D eigenvalue weighted by Gasteiger charge is -2.31. The van der Waals surface area contributed by atoms with Crippen molar-refractivity contribution in [1.82, 2.24) is 5.32 Å². The van der Waals surface area contributed by atoms with Crippen LogP contribution in [0.15, 0.2) is 53.7 Å². The van der Waals surface area contributed by atoms with Gasteiger partial charge in [-0.2, -0.15) is 0 Å². The summed E-state index contributed by atoms with van der Waals surface area (Å²) in [6.45, 7) is 4.03. The zero-order valence-corrected chi connectivity index (χ0v) is 15.2. The first-order valence-corrected chi connectivity index (χ1v) is 9.04. The monoisotopic (exact) mass is 356 g/mol. The normalized spacial score (nSPS) is 20.0. The summed E-state index contributed by atoms with van der Waals surface area (Å²) in [6, 6.07) is 11.4. The zero-order valence-electron chi connectivity index (χ0n) is 14.4. The van der Waals surface area contributed by atoms with Gasteiger partial charge in [-0.25, -0.2) is 0 Å². The molecule has 2 aromatic rings. The minimum absolute atomic E-state index is 0.374. The van der Waals surface area contributed by atoms with E-state index in [-0.39, 0.29) is 5.97 Å². The molecule has 6 heteroatoms. The minimum atomic E-state index is -0.624. The molecule has 0 saturated heterocycles. The van der Waals surface area contributed by atoms with Crippen LogP contribution in [0.1, 0.15) is 11.6 Å². The van der Waals surface area contributed by atoms with Crippen molar-refractivity contribution < 1.29 is 14.3 Å². The summed E-state index contributed by atoms with van der Waals surface area (Å²) in [4.78, 5) is 17.2. The second-order valence-corrected chi connectivity index (χ2v) is 6.43. The number of fused-ring (bicyclic) bond motifs is 1. The number of thioether (sulfide) groups is 1. The highest BCUT2D eigenvalue weighted by Gasteiger charge is 2.39. The van der Waals surface area contributed by atoms with Gasteiger partial charge in [0.05, 0.1) is 14.2 Å².